The van der Waals surface area contributed by atoms with E-state index in [0.717, 1.165) is 6.42 Å². The molecule has 1 fully saturated rings. The maximum atomic E-state index is 12.3. The quantitative estimate of drug-likeness (QED) is 0.0653. The summed E-state index contributed by atoms with van der Waals surface area (Å²) >= 11 is 0. The van der Waals surface area contributed by atoms with E-state index in [1.54, 1.807) is 12.1 Å². The molecule has 3 N–H and O–H groups in total. The molecule has 0 spiro atoms. The molecule has 240 valence electrons. The van der Waals surface area contributed by atoms with Crippen LogP contribution in [0.3, 0.4) is 0 Å². The van der Waals surface area contributed by atoms with Gasteiger partial charge in [-0.05, 0) is 93.0 Å². The lowest BCUT2D eigenvalue weighted by Crippen LogP contribution is -2.23. The van der Waals surface area contributed by atoms with Crippen LogP contribution >= 0.6 is 0 Å². The molecule has 2 aromatic carbocycles. The Labute approximate surface area is 267 Å². The van der Waals surface area contributed by atoms with E-state index in [1.807, 2.05) is 30.4 Å². The van der Waals surface area contributed by atoms with Crippen LogP contribution in [0.15, 0.2) is 66.7 Å². The van der Waals surface area contributed by atoms with Gasteiger partial charge in [0.2, 0.25) is 0 Å². The molecule has 1 aliphatic carbocycles. The fraction of sp³-hybridized carbons (Fsp3) is 0.474. The molecule has 0 heterocycles. The predicted octanol–water partition coefficient (Wildman–Crippen LogP) is 5.66. The van der Waals surface area contributed by atoms with E-state index in [0.29, 0.717) is 69.1 Å². The van der Waals surface area contributed by atoms with E-state index in [9.17, 15) is 24.9 Å². The number of carbonyl (C=O) groups is 2. The molecule has 3 rings (SSSR count). The maximum Gasteiger partial charge on any atom is 0.338 e. The number of carbonyl (C=O) groups excluding carboxylic acids is 2. The number of unbranched alkanes of at least 4 members (excludes halogenated alkanes) is 1. The number of hydrogen-bond donors (Lipinski definition) is 3. The Balaban J connectivity index is 1.33. The normalized spacial score (nSPS) is 20.0. The summed E-state index contributed by atoms with van der Waals surface area (Å²) in [5.74, 6) is 4.34. The molecule has 2 aromatic rings. The highest BCUT2D eigenvalue weighted by atomic mass is 16.5. The summed E-state index contributed by atoms with van der Waals surface area (Å²) in [5.41, 5.74) is 1.53. The van der Waals surface area contributed by atoms with Gasteiger partial charge in [-0.25, -0.2) is 4.79 Å². The fourth-order valence-corrected chi connectivity index (χ4v) is 5.79. The van der Waals surface area contributed by atoms with Gasteiger partial charge >= 0.3 is 11.9 Å². The Morgan fingerprint density at radius 3 is 2.31 bits per heavy atom. The van der Waals surface area contributed by atoms with Gasteiger partial charge in [0.05, 0.1) is 30.5 Å². The Morgan fingerprint density at radius 2 is 1.62 bits per heavy atom. The number of ether oxygens (including phenoxy) is 2. The van der Waals surface area contributed by atoms with Crippen molar-refractivity contribution < 1.29 is 34.4 Å². The SMILES string of the molecule is C#CCC(CC#C)COC(=O)c1ccc(OC(=O)CCCC=CC[C@@H]2[C@@H](CC[C@@H](O)CCc3ccccc3)[C@H](O)C[C@@H]2O)cc1. The van der Waals surface area contributed by atoms with Crippen LogP contribution in [0.2, 0.25) is 0 Å². The van der Waals surface area contributed by atoms with Gasteiger partial charge in [0.1, 0.15) is 5.75 Å². The Bertz CT molecular complexity index is 1270. The topological polar surface area (TPSA) is 113 Å². The Morgan fingerprint density at radius 1 is 0.933 bits per heavy atom. The maximum absolute atomic E-state index is 12.3. The van der Waals surface area contributed by atoms with E-state index in [2.05, 4.69) is 24.0 Å². The lowest BCUT2D eigenvalue weighted by molar-refractivity contribution is -0.134. The first-order valence-corrected chi connectivity index (χ1v) is 15.9. The van der Waals surface area contributed by atoms with Crippen LogP contribution in [-0.2, 0) is 16.0 Å². The van der Waals surface area contributed by atoms with Gasteiger partial charge in [-0.2, -0.15) is 0 Å². The zero-order valence-corrected chi connectivity index (χ0v) is 25.9. The molecule has 0 bridgehead atoms. The second-order valence-electron chi connectivity index (χ2n) is 11.8. The van der Waals surface area contributed by atoms with E-state index in [1.165, 1.54) is 17.7 Å². The van der Waals surface area contributed by atoms with E-state index in [4.69, 9.17) is 22.3 Å². The van der Waals surface area contributed by atoms with Crippen molar-refractivity contribution in [2.75, 3.05) is 6.61 Å². The summed E-state index contributed by atoms with van der Waals surface area (Å²) in [4.78, 5) is 24.6. The minimum absolute atomic E-state index is 0.0573. The van der Waals surface area contributed by atoms with Gasteiger partial charge in [-0.1, -0.05) is 42.5 Å². The van der Waals surface area contributed by atoms with Crippen LogP contribution in [0.4, 0.5) is 0 Å². The molecule has 45 heavy (non-hydrogen) atoms. The largest absolute Gasteiger partial charge is 0.462 e. The van der Waals surface area contributed by atoms with Gasteiger partial charge in [-0.3, -0.25) is 4.79 Å². The molecule has 0 saturated heterocycles. The molecule has 0 radical (unpaired) electrons. The summed E-state index contributed by atoms with van der Waals surface area (Å²) in [6.07, 6.45) is 19.2. The summed E-state index contributed by atoms with van der Waals surface area (Å²) in [6, 6.07) is 16.3. The molecule has 1 saturated carbocycles. The number of aliphatic hydroxyl groups excluding tert-OH is 3. The summed E-state index contributed by atoms with van der Waals surface area (Å²) in [7, 11) is 0. The smallest absolute Gasteiger partial charge is 0.338 e. The molecule has 0 aromatic heterocycles. The summed E-state index contributed by atoms with van der Waals surface area (Å²) in [6.45, 7) is 0.141. The van der Waals surface area contributed by atoms with E-state index >= 15 is 0 Å². The predicted molar refractivity (Wildman–Crippen MR) is 174 cm³/mol. The molecule has 7 heteroatoms. The molecule has 0 unspecified atom stereocenters. The minimum atomic E-state index is -0.571. The van der Waals surface area contributed by atoms with Crippen molar-refractivity contribution in [3.63, 3.8) is 0 Å². The lowest BCUT2D eigenvalue weighted by atomic mass is 9.85. The average molecular weight is 615 g/mol. The Hall–Kier alpha value is -3.88. The molecular weight excluding hydrogens is 568 g/mol. The highest BCUT2D eigenvalue weighted by molar-refractivity contribution is 5.89. The van der Waals surface area contributed by atoms with Gasteiger partial charge < -0.3 is 24.8 Å². The third-order valence-corrected chi connectivity index (χ3v) is 8.38. The first kappa shape index (κ1) is 35.6. The molecule has 0 amide bonds. The summed E-state index contributed by atoms with van der Waals surface area (Å²) in [5, 5.41) is 31.6. The van der Waals surface area contributed by atoms with Crippen LogP contribution in [0, 0.1) is 42.4 Å². The van der Waals surface area contributed by atoms with Crippen molar-refractivity contribution in [3.8, 4) is 30.4 Å². The van der Waals surface area contributed by atoms with Gasteiger partial charge in [0.25, 0.3) is 0 Å². The standard InChI is InChI=1S/C38H46O7/c1-3-12-29(13-4-2)27-44-38(43)30-19-23-32(24-20-30)45-37(42)17-11-6-5-10-16-33-34(36(41)26-35(33)40)25-22-31(39)21-18-28-14-8-7-9-15-28/h1-2,5,7-10,14-15,19-20,23-24,29,31,33-36,39-41H,6,11-13,16-18,21-22,25-27H2/t31-,33+,34+,35-,36+/m0/s1. The molecule has 5 atom stereocenters. The van der Waals surface area contributed by atoms with Crippen molar-refractivity contribution in [2.45, 2.75) is 88.9 Å². The number of esters is 2. The molecule has 7 nitrogen and oxygen atoms in total. The van der Waals surface area contributed by atoms with Crippen LogP contribution in [0.1, 0.15) is 80.1 Å². The van der Waals surface area contributed by atoms with Crippen molar-refractivity contribution in [1.82, 2.24) is 0 Å². The number of hydrogen-bond acceptors (Lipinski definition) is 7. The van der Waals surface area contributed by atoms with Gasteiger partial charge in [0, 0.05) is 25.2 Å². The minimum Gasteiger partial charge on any atom is -0.462 e. The van der Waals surface area contributed by atoms with Crippen LogP contribution in [0.5, 0.6) is 5.75 Å². The first-order valence-electron chi connectivity index (χ1n) is 15.9. The highest BCUT2D eigenvalue weighted by Gasteiger charge is 2.40. The third kappa shape index (κ3) is 12.6. The monoisotopic (exact) mass is 614 g/mol. The van der Waals surface area contributed by atoms with Crippen LogP contribution < -0.4 is 4.74 Å². The van der Waals surface area contributed by atoms with E-state index in [-0.39, 0.29) is 36.8 Å². The zero-order valence-electron chi connectivity index (χ0n) is 25.9. The van der Waals surface area contributed by atoms with E-state index < -0.39 is 24.3 Å². The lowest BCUT2D eigenvalue weighted by Gasteiger charge is -2.23. The van der Waals surface area contributed by atoms with Crippen LogP contribution in [-0.4, -0.2) is 52.2 Å². The average Bonchev–Trinajstić information content (AvgIpc) is 3.31. The van der Waals surface area contributed by atoms with Crippen LogP contribution in [0.25, 0.3) is 0 Å². The van der Waals surface area contributed by atoms with Crippen molar-refractivity contribution in [1.29, 1.82) is 0 Å². The molecular formula is C38H46O7. The second kappa shape index (κ2) is 19.5. The summed E-state index contributed by atoms with van der Waals surface area (Å²) < 4.78 is 10.7. The third-order valence-electron chi connectivity index (χ3n) is 8.38. The van der Waals surface area contributed by atoms with Crippen molar-refractivity contribution in [2.24, 2.45) is 17.8 Å². The number of allylic oxidation sites excluding steroid dienone is 2. The van der Waals surface area contributed by atoms with Crippen molar-refractivity contribution in [3.05, 3.63) is 77.9 Å². The highest BCUT2D eigenvalue weighted by Crippen LogP contribution is 2.38. The number of benzene rings is 2. The van der Waals surface area contributed by atoms with Crippen molar-refractivity contribution >= 4 is 11.9 Å². The molecule has 1 aliphatic rings. The number of aryl methyl sites for hydroxylation is 1. The zero-order chi connectivity index (χ0) is 32.4. The molecule has 0 aliphatic heterocycles. The van der Waals surface area contributed by atoms with Gasteiger partial charge in [-0.15, -0.1) is 24.7 Å². The Kier molecular flexibility index (Phi) is 15.4. The fourth-order valence-electron chi connectivity index (χ4n) is 5.79. The number of aliphatic hydroxyl groups is 3. The second-order valence-corrected chi connectivity index (χ2v) is 11.8. The number of terminal acetylenes is 2. The first-order chi connectivity index (χ1) is 21.8. The number of rotatable bonds is 18. The van der Waals surface area contributed by atoms with Gasteiger partial charge in [0.15, 0.2) is 0 Å².